The van der Waals surface area contributed by atoms with Gasteiger partial charge in [-0.05, 0) is 73.5 Å². The number of fused-ring (bicyclic) bond motifs is 2. The highest BCUT2D eigenvalue weighted by Gasteiger charge is 2.51. The van der Waals surface area contributed by atoms with Crippen LogP contribution in [0.4, 0.5) is 15.0 Å². The largest absolute Gasteiger partial charge is 0.465 e. The van der Waals surface area contributed by atoms with Gasteiger partial charge in [0.1, 0.15) is 27.7 Å². The first-order valence-electron chi connectivity index (χ1n) is 15.6. The summed E-state index contributed by atoms with van der Waals surface area (Å²) in [5, 5.41) is 19.0. The Balaban J connectivity index is 1.55. The lowest BCUT2D eigenvalue weighted by Gasteiger charge is -2.56. The number of benzene rings is 2. The first-order valence-corrected chi connectivity index (χ1v) is 17.1. The third-order valence-electron chi connectivity index (χ3n) is 9.89. The Morgan fingerprint density at radius 2 is 2.02 bits per heavy atom. The van der Waals surface area contributed by atoms with E-state index < -0.39 is 22.9 Å². The maximum atomic E-state index is 17.1. The Morgan fingerprint density at radius 3 is 2.70 bits per heavy atom. The summed E-state index contributed by atoms with van der Waals surface area (Å²) in [6.07, 6.45) is -1.19. The van der Waals surface area contributed by atoms with Gasteiger partial charge < -0.3 is 24.4 Å². The fraction of sp³-hybridized carbons (Fsp3) is 0.515. The van der Waals surface area contributed by atoms with E-state index in [2.05, 4.69) is 42.7 Å². The normalized spacial score (nSPS) is 22.8. The van der Waals surface area contributed by atoms with Crippen molar-refractivity contribution < 1.29 is 23.8 Å². The fourth-order valence-electron chi connectivity index (χ4n) is 6.66. The molecule has 2 aromatic heterocycles. The third kappa shape index (κ3) is 5.97. The van der Waals surface area contributed by atoms with Gasteiger partial charge in [-0.2, -0.15) is 15.1 Å². The topological polar surface area (TPSA) is 120 Å². The van der Waals surface area contributed by atoms with Crippen LogP contribution in [-0.2, 0) is 4.74 Å². The molecule has 0 bridgehead atoms. The van der Waals surface area contributed by atoms with Crippen LogP contribution >= 0.6 is 34.2 Å². The molecule has 1 amide bonds. The fourth-order valence-corrected chi connectivity index (χ4v) is 7.61. The second-order valence-electron chi connectivity index (χ2n) is 13.9. The minimum atomic E-state index is -0.986. The Bertz CT molecular complexity index is 1870. The highest BCUT2D eigenvalue weighted by molar-refractivity contribution is 14.1. The minimum absolute atomic E-state index is 0.00893. The summed E-state index contributed by atoms with van der Waals surface area (Å²) >= 11 is 9.16. The van der Waals surface area contributed by atoms with Crippen molar-refractivity contribution in [3.8, 4) is 17.1 Å². The Hall–Kier alpha value is -3.01. The molecule has 4 aromatic rings. The number of nitrogens with zero attached hydrogens (tertiary/aromatic N) is 6. The van der Waals surface area contributed by atoms with Crippen LogP contribution in [0.3, 0.4) is 0 Å². The smallest absolute Gasteiger partial charge is 0.407 e. The number of aromatic amines is 1. The molecule has 252 valence electrons. The van der Waals surface area contributed by atoms with Gasteiger partial charge in [-0.3, -0.25) is 10.00 Å². The van der Waals surface area contributed by atoms with Crippen LogP contribution in [0.15, 0.2) is 18.2 Å². The lowest BCUT2D eigenvalue weighted by atomic mass is 9.71. The quantitative estimate of drug-likeness (QED) is 0.217. The van der Waals surface area contributed by atoms with Gasteiger partial charge in [0, 0.05) is 54.1 Å². The number of carbonyl (C=O) groups is 1. The Morgan fingerprint density at radius 1 is 1.28 bits per heavy atom. The van der Waals surface area contributed by atoms with Crippen LogP contribution in [0.25, 0.3) is 32.9 Å². The molecule has 2 aromatic carbocycles. The zero-order valence-corrected chi connectivity index (χ0v) is 30.5. The van der Waals surface area contributed by atoms with Crippen LogP contribution in [0.1, 0.15) is 40.2 Å². The molecule has 2 fully saturated rings. The molecule has 6 rings (SSSR count). The number of halogens is 3. The number of rotatable bonds is 5. The number of ether oxygens (including phenoxy) is 2. The van der Waals surface area contributed by atoms with Crippen molar-refractivity contribution in [3.05, 3.63) is 38.3 Å². The molecule has 47 heavy (non-hydrogen) atoms. The van der Waals surface area contributed by atoms with Crippen LogP contribution in [0.2, 0.25) is 5.02 Å². The standard InChI is InChI=1S/C33H40ClFIN7O4/c1-17-8-9-22-25(28(36)40-39-22)23(17)24-21(34)12-20-27(26(24)35)37-30(47-15-19-14-41(7)10-11-46-19)38-29(20)42-16-33(6,32(3,4)5)43(31(44)45)13-18(42)2/h8-9,12,18-19H,10-11,13-16H2,1-7H3,(H,39,40)(H,44,45)/t18-,19?,33-/m0/s1. The van der Waals surface area contributed by atoms with Crippen molar-refractivity contribution in [2.75, 3.05) is 51.3 Å². The molecule has 11 nitrogen and oxygen atoms in total. The predicted octanol–water partition coefficient (Wildman–Crippen LogP) is 6.58. The highest BCUT2D eigenvalue weighted by atomic mass is 127. The van der Waals surface area contributed by atoms with Gasteiger partial charge in [0.2, 0.25) is 0 Å². The summed E-state index contributed by atoms with van der Waals surface area (Å²) in [5.74, 6) is -0.169. The molecule has 2 N–H and O–H groups in total. The number of aromatic nitrogens is 4. The zero-order valence-electron chi connectivity index (χ0n) is 27.6. The molecule has 4 heterocycles. The van der Waals surface area contributed by atoms with Crippen LogP contribution in [0, 0.1) is 21.9 Å². The maximum Gasteiger partial charge on any atom is 0.407 e. The molecule has 2 aliphatic rings. The number of morpholine rings is 1. The van der Waals surface area contributed by atoms with Crippen LogP contribution in [0.5, 0.6) is 6.01 Å². The lowest BCUT2D eigenvalue weighted by molar-refractivity contribution is -0.0416. The van der Waals surface area contributed by atoms with Crippen molar-refractivity contribution in [2.45, 2.75) is 59.2 Å². The van der Waals surface area contributed by atoms with E-state index in [1.807, 2.05) is 65.6 Å². The molecule has 1 unspecified atom stereocenters. The van der Waals surface area contributed by atoms with Crippen molar-refractivity contribution in [1.82, 2.24) is 30.0 Å². The van der Waals surface area contributed by atoms with Crippen molar-refractivity contribution in [3.63, 3.8) is 0 Å². The number of hydrogen-bond acceptors (Lipinski definition) is 8. The van der Waals surface area contributed by atoms with Crippen LogP contribution in [-0.4, -0.2) is 105 Å². The van der Waals surface area contributed by atoms with E-state index in [1.54, 1.807) is 6.07 Å². The van der Waals surface area contributed by atoms with Gasteiger partial charge in [-0.1, -0.05) is 38.4 Å². The molecule has 2 aliphatic heterocycles. The van der Waals surface area contributed by atoms with Crippen molar-refractivity contribution in [2.24, 2.45) is 5.41 Å². The number of aryl methyl sites for hydroxylation is 1. The number of amides is 1. The zero-order chi connectivity index (χ0) is 34.0. The van der Waals surface area contributed by atoms with E-state index in [4.69, 9.17) is 26.1 Å². The maximum absolute atomic E-state index is 17.1. The van der Waals surface area contributed by atoms with Gasteiger partial charge in [0.05, 0.1) is 22.7 Å². The average molecular weight is 780 g/mol. The van der Waals surface area contributed by atoms with Crippen LogP contribution < -0.4 is 9.64 Å². The first-order chi connectivity index (χ1) is 22.1. The highest BCUT2D eigenvalue weighted by Crippen LogP contribution is 2.46. The van der Waals surface area contributed by atoms with E-state index >= 15 is 4.39 Å². The number of piperazine rings is 1. The number of carboxylic acid groups (broad SMARTS) is 1. The molecule has 0 radical (unpaired) electrons. The number of nitrogens with one attached hydrogen (secondary N) is 1. The molecular weight excluding hydrogens is 740 g/mol. The summed E-state index contributed by atoms with van der Waals surface area (Å²) in [6, 6.07) is 5.21. The minimum Gasteiger partial charge on any atom is -0.465 e. The van der Waals surface area contributed by atoms with E-state index in [1.165, 1.54) is 4.90 Å². The van der Waals surface area contributed by atoms with Gasteiger partial charge >= 0.3 is 12.1 Å². The van der Waals surface area contributed by atoms with Crippen molar-refractivity contribution >= 4 is 67.9 Å². The Kier molecular flexibility index (Phi) is 8.98. The van der Waals surface area contributed by atoms with Gasteiger partial charge in [0.15, 0.2) is 5.82 Å². The second-order valence-corrected chi connectivity index (χ2v) is 15.4. The summed E-state index contributed by atoms with van der Waals surface area (Å²) < 4.78 is 30.0. The molecule has 3 atom stereocenters. The first kappa shape index (κ1) is 33.9. The number of likely N-dealkylation sites (N-methyl/N-ethyl adjacent to an activating group) is 1. The molecule has 0 saturated carbocycles. The molecule has 2 saturated heterocycles. The lowest BCUT2D eigenvalue weighted by Crippen LogP contribution is -2.70. The summed E-state index contributed by atoms with van der Waals surface area (Å²) in [6.45, 7) is 14.7. The number of hydrogen-bond donors (Lipinski definition) is 2. The number of anilines is 1. The molecule has 0 aliphatic carbocycles. The van der Waals surface area contributed by atoms with E-state index in [0.29, 0.717) is 42.0 Å². The van der Waals surface area contributed by atoms with Gasteiger partial charge in [0.25, 0.3) is 0 Å². The third-order valence-corrected chi connectivity index (χ3v) is 11.0. The second kappa shape index (κ2) is 12.5. The summed E-state index contributed by atoms with van der Waals surface area (Å²) in [4.78, 5) is 27.7. The SMILES string of the molecule is Cc1ccc2n[nH]c(I)c2c1-c1c(Cl)cc2c(N3C[C@@](C)(C(C)(C)C)N(C(=O)O)C[C@@H]3C)nc(OCC3CN(C)CCO3)nc2c1F. The predicted molar refractivity (Wildman–Crippen MR) is 189 cm³/mol. The van der Waals surface area contributed by atoms with Gasteiger partial charge in [-0.15, -0.1) is 0 Å². The number of H-pyrrole nitrogens is 1. The average Bonchev–Trinajstić information content (AvgIpc) is 3.37. The monoisotopic (exact) mass is 779 g/mol. The molecule has 14 heteroatoms. The molecular formula is C33H40ClFIN7O4. The summed E-state index contributed by atoms with van der Waals surface area (Å²) in [7, 11) is 2.02. The Labute approximate surface area is 291 Å². The van der Waals surface area contributed by atoms with E-state index in [0.717, 1.165) is 21.2 Å². The van der Waals surface area contributed by atoms with Crippen molar-refractivity contribution in [1.29, 1.82) is 0 Å². The van der Waals surface area contributed by atoms with Gasteiger partial charge in [-0.25, -0.2) is 9.18 Å². The molecule has 0 spiro atoms. The van der Waals surface area contributed by atoms with E-state index in [9.17, 15) is 9.90 Å². The summed E-state index contributed by atoms with van der Waals surface area (Å²) in [5.41, 5.74) is 1.20. The van der Waals surface area contributed by atoms with E-state index in [-0.39, 0.29) is 47.4 Å².